The van der Waals surface area contributed by atoms with Gasteiger partial charge in [0.2, 0.25) is 0 Å². The second-order valence-electron chi connectivity index (χ2n) is 8.85. The van der Waals surface area contributed by atoms with Gasteiger partial charge in [0.15, 0.2) is 0 Å². The van der Waals surface area contributed by atoms with Crippen molar-refractivity contribution in [2.24, 2.45) is 0 Å². The predicted octanol–water partition coefficient (Wildman–Crippen LogP) is 4.63. The van der Waals surface area contributed by atoms with E-state index in [0.717, 1.165) is 60.9 Å². The molecule has 1 fully saturated rings. The summed E-state index contributed by atoms with van der Waals surface area (Å²) in [6, 6.07) is 12.7. The minimum atomic E-state index is 0.749. The predicted molar refractivity (Wildman–Crippen MR) is 125 cm³/mol. The summed E-state index contributed by atoms with van der Waals surface area (Å²) in [7, 11) is 0. The van der Waals surface area contributed by atoms with Gasteiger partial charge in [-0.05, 0) is 62.5 Å². The van der Waals surface area contributed by atoms with Gasteiger partial charge in [-0.25, -0.2) is 9.97 Å². The third-order valence-electron chi connectivity index (χ3n) is 6.33. The SMILES string of the molecule is Cc1cnc2c(c1)Cc1nc(Cc3ccccc3)nc(NCCCN3CCCCC3)c1-2. The molecule has 0 radical (unpaired) electrons. The zero-order chi connectivity index (χ0) is 21.0. The molecule has 5 rings (SSSR count). The van der Waals surface area contributed by atoms with Crippen molar-refractivity contribution >= 4 is 5.82 Å². The van der Waals surface area contributed by atoms with Gasteiger partial charge in [0.1, 0.15) is 11.6 Å². The first-order valence-electron chi connectivity index (χ1n) is 11.6. The lowest BCUT2D eigenvalue weighted by Crippen LogP contribution is -2.31. The quantitative estimate of drug-likeness (QED) is 0.448. The number of anilines is 1. The van der Waals surface area contributed by atoms with Gasteiger partial charge in [0.05, 0.1) is 17.0 Å². The number of hydrogen-bond acceptors (Lipinski definition) is 5. The molecule has 0 bridgehead atoms. The molecule has 0 amide bonds. The summed E-state index contributed by atoms with van der Waals surface area (Å²) in [5.41, 5.74) is 6.95. The molecular formula is C26H31N5. The van der Waals surface area contributed by atoms with E-state index in [1.807, 2.05) is 12.3 Å². The first kappa shape index (κ1) is 20.1. The summed E-state index contributed by atoms with van der Waals surface area (Å²) in [6.07, 6.45) is 8.74. The van der Waals surface area contributed by atoms with Crippen LogP contribution < -0.4 is 5.32 Å². The van der Waals surface area contributed by atoms with E-state index < -0.39 is 0 Å². The first-order valence-corrected chi connectivity index (χ1v) is 11.6. The Kier molecular flexibility index (Phi) is 5.94. The van der Waals surface area contributed by atoms with Crippen LogP contribution in [0.4, 0.5) is 5.82 Å². The van der Waals surface area contributed by atoms with Crippen molar-refractivity contribution in [3.05, 3.63) is 70.8 Å². The molecule has 1 saturated heterocycles. The number of pyridine rings is 1. The Balaban J connectivity index is 1.37. The third kappa shape index (κ3) is 4.62. The van der Waals surface area contributed by atoms with Crippen LogP contribution in [0.5, 0.6) is 0 Å². The fourth-order valence-corrected chi connectivity index (χ4v) is 4.78. The molecule has 3 aromatic rings. The van der Waals surface area contributed by atoms with E-state index in [9.17, 15) is 0 Å². The van der Waals surface area contributed by atoms with Crippen molar-refractivity contribution in [3.8, 4) is 11.3 Å². The van der Waals surface area contributed by atoms with E-state index in [1.165, 1.54) is 49.0 Å². The van der Waals surface area contributed by atoms with E-state index in [0.29, 0.717) is 0 Å². The summed E-state index contributed by atoms with van der Waals surface area (Å²) in [5.74, 6) is 1.83. The summed E-state index contributed by atoms with van der Waals surface area (Å²) < 4.78 is 0. The highest BCUT2D eigenvalue weighted by Crippen LogP contribution is 2.38. The molecule has 0 spiro atoms. The number of likely N-dealkylation sites (tertiary alicyclic amines) is 1. The Hall–Kier alpha value is -2.79. The van der Waals surface area contributed by atoms with Gasteiger partial charge in [0, 0.05) is 25.6 Å². The fourth-order valence-electron chi connectivity index (χ4n) is 4.78. The minimum absolute atomic E-state index is 0.749. The molecule has 1 aliphatic heterocycles. The number of fused-ring (bicyclic) bond motifs is 3. The number of nitrogens with one attached hydrogen (secondary N) is 1. The van der Waals surface area contributed by atoms with Gasteiger partial charge < -0.3 is 10.2 Å². The van der Waals surface area contributed by atoms with Crippen LogP contribution in [0.15, 0.2) is 42.6 Å². The molecule has 2 aromatic heterocycles. The highest BCUT2D eigenvalue weighted by atomic mass is 15.1. The van der Waals surface area contributed by atoms with Crippen molar-refractivity contribution < 1.29 is 0 Å². The largest absolute Gasteiger partial charge is 0.369 e. The molecule has 0 atom stereocenters. The second kappa shape index (κ2) is 9.15. The summed E-state index contributed by atoms with van der Waals surface area (Å²) in [6.45, 7) is 6.68. The van der Waals surface area contributed by atoms with Gasteiger partial charge in [-0.2, -0.15) is 0 Å². The maximum atomic E-state index is 4.97. The van der Waals surface area contributed by atoms with Crippen molar-refractivity contribution in [1.29, 1.82) is 0 Å². The van der Waals surface area contributed by atoms with Crippen LogP contribution in [0.25, 0.3) is 11.3 Å². The van der Waals surface area contributed by atoms with Crippen LogP contribution in [0.3, 0.4) is 0 Å². The van der Waals surface area contributed by atoms with Gasteiger partial charge in [-0.3, -0.25) is 4.98 Å². The fraction of sp³-hybridized carbons (Fsp3) is 0.423. The standard InChI is InChI=1S/C26H31N5/c1-19-15-21-17-22-24(25(21)28-18-19)26(27-11-8-14-31-12-6-3-7-13-31)30-23(29-22)16-20-9-4-2-5-10-20/h2,4-5,9-10,15,18H,3,6-8,11-14,16-17H2,1H3,(H,27,29,30). The summed E-state index contributed by atoms with van der Waals surface area (Å²) >= 11 is 0. The van der Waals surface area contributed by atoms with Crippen molar-refractivity contribution in [2.75, 3.05) is 31.5 Å². The van der Waals surface area contributed by atoms with Crippen LogP contribution in [-0.2, 0) is 12.8 Å². The van der Waals surface area contributed by atoms with Crippen LogP contribution in [0, 0.1) is 6.92 Å². The number of benzene rings is 1. The maximum absolute atomic E-state index is 4.97. The number of piperidine rings is 1. The topological polar surface area (TPSA) is 53.9 Å². The monoisotopic (exact) mass is 413 g/mol. The van der Waals surface area contributed by atoms with Crippen molar-refractivity contribution in [2.45, 2.75) is 45.4 Å². The maximum Gasteiger partial charge on any atom is 0.139 e. The minimum Gasteiger partial charge on any atom is -0.369 e. The molecule has 1 aliphatic carbocycles. The average Bonchev–Trinajstić information content (AvgIpc) is 3.15. The normalized spacial score (nSPS) is 15.5. The Bertz CT molecular complexity index is 1040. The van der Waals surface area contributed by atoms with Gasteiger partial charge in [-0.1, -0.05) is 42.8 Å². The molecule has 1 N–H and O–H groups in total. The highest BCUT2D eigenvalue weighted by molar-refractivity contribution is 5.81. The Morgan fingerprint density at radius 1 is 1.03 bits per heavy atom. The Labute approximate surface area is 185 Å². The van der Waals surface area contributed by atoms with Crippen molar-refractivity contribution in [3.63, 3.8) is 0 Å². The molecule has 5 heteroatoms. The number of rotatable bonds is 7. The third-order valence-corrected chi connectivity index (χ3v) is 6.33. The van der Waals surface area contributed by atoms with Crippen LogP contribution >= 0.6 is 0 Å². The second-order valence-corrected chi connectivity index (χ2v) is 8.85. The summed E-state index contributed by atoms with van der Waals surface area (Å²) in [4.78, 5) is 17.3. The van der Waals surface area contributed by atoms with Crippen LogP contribution in [-0.4, -0.2) is 46.0 Å². The van der Waals surface area contributed by atoms with Gasteiger partial charge >= 0.3 is 0 Å². The van der Waals surface area contributed by atoms with E-state index >= 15 is 0 Å². The van der Waals surface area contributed by atoms with E-state index in [1.54, 1.807) is 0 Å². The molecule has 1 aromatic carbocycles. The molecule has 0 saturated carbocycles. The number of aryl methyl sites for hydroxylation is 1. The Morgan fingerprint density at radius 3 is 2.71 bits per heavy atom. The molecule has 3 heterocycles. The molecule has 160 valence electrons. The Morgan fingerprint density at radius 2 is 1.87 bits per heavy atom. The number of aromatic nitrogens is 3. The number of hydrogen-bond donors (Lipinski definition) is 1. The van der Waals surface area contributed by atoms with Crippen LogP contribution in [0.1, 0.15) is 53.9 Å². The van der Waals surface area contributed by atoms with Gasteiger partial charge in [0.25, 0.3) is 0 Å². The zero-order valence-electron chi connectivity index (χ0n) is 18.4. The van der Waals surface area contributed by atoms with E-state index in [-0.39, 0.29) is 0 Å². The van der Waals surface area contributed by atoms with Gasteiger partial charge in [-0.15, -0.1) is 0 Å². The zero-order valence-corrected chi connectivity index (χ0v) is 18.4. The van der Waals surface area contributed by atoms with Crippen molar-refractivity contribution in [1.82, 2.24) is 19.9 Å². The first-order chi connectivity index (χ1) is 15.3. The lowest BCUT2D eigenvalue weighted by molar-refractivity contribution is 0.228. The molecule has 31 heavy (non-hydrogen) atoms. The molecular weight excluding hydrogens is 382 g/mol. The van der Waals surface area contributed by atoms with E-state index in [2.05, 4.69) is 47.5 Å². The molecule has 5 nitrogen and oxygen atoms in total. The molecule has 0 unspecified atom stereocenters. The van der Waals surface area contributed by atoms with E-state index in [4.69, 9.17) is 15.0 Å². The average molecular weight is 414 g/mol. The smallest absolute Gasteiger partial charge is 0.139 e. The lowest BCUT2D eigenvalue weighted by Gasteiger charge is -2.26. The summed E-state index contributed by atoms with van der Waals surface area (Å²) in [5, 5.41) is 3.65. The highest BCUT2D eigenvalue weighted by Gasteiger charge is 2.26. The lowest BCUT2D eigenvalue weighted by atomic mass is 10.1. The number of nitrogens with zero attached hydrogens (tertiary/aromatic N) is 4. The molecule has 2 aliphatic rings. The van der Waals surface area contributed by atoms with Crippen LogP contribution in [0.2, 0.25) is 0 Å².